The van der Waals surface area contributed by atoms with Crippen LogP contribution in [0.15, 0.2) is 78.9 Å². The fourth-order valence-electron chi connectivity index (χ4n) is 4.44. The molecule has 4 rings (SSSR count). The van der Waals surface area contributed by atoms with Crippen molar-refractivity contribution in [2.75, 3.05) is 25.0 Å². The fraction of sp³-hybridized carbons (Fsp3) is 0.321. The van der Waals surface area contributed by atoms with Crippen LogP contribution in [0, 0.1) is 0 Å². The number of nitrogens with one attached hydrogen (secondary N) is 2. The third-order valence-electron chi connectivity index (χ3n) is 6.35. The number of anilines is 1. The number of hydrogen-bond acceptors (Lipinski definition) is 3. The SMILES string of the molecule is O=C(Nc1cccc(Cl)c1)NC1CCN(CCC(Oc2ccccc2C(F)(F)F)c2ccccc2)CC1. The van der Waals surface area contributed by atoms with Crippen molar-refractivity contribution >= 4 is 23.3 Å². The maximum Gasteiger partial charge on any atom is 0.419 e. The molecule has 0 aromatic heterocycles. The van der Waals surface area contributed by atoms with Gasteiger partial charge in [-0.2, -0.15) is 13.2 Å². The van der Waals surface area contributed by atoms with Gasteiger partial charge < -0.3 is 20.3 Å². The maximum atomic E-state index is 13.5. The molecule has 1 saturated heterocycles. The zero-order valence-electron chi connectivity index (χ0n) is 20.2. The Morgan fingerprint density at radius 1 is 1.00 bits per heavy atom. The van der Waals surface area contributed by atoms with Gasteiger partial charge in [-0.05, 0) is 48.7 Å². The first-order valence-corrected chi connectivity index (χ1v) is 12.6. The van der Waals surface area contributed by atoms with Gasteiger partial charge in [-0.1, -0.05) is 60.1 Å². The molecule has 1 aliphatic rings. The summed E-state index contributed by atoms with van der Waals surface area (Å²) >= 11 is 5.96. The van der Waals surface area contributed by atoms with Crippen molar-refractivity contribution in [1.82, 2.24) is 10.2 Å². The van der Waals surface area contributed by atoms with E-state index < -0.39 is 17.8 Å². The molecule has 37 heavy (non-hydrogen) atoms. The van der Waals surface area contributed by atoms with Gasteiger partial charge in [0.2, 0.25) is 0 Å². The molecule has 5 nitrogen and oxygen atoms in total. The zero-order valence-corrected chi connectivity index (χ0v) is 20.9. The third kappa shape index (κ3) is 7.87. The highest BCUT2D eigenvalue weighted by Crippen LogP contribution is 2.38. The molecule has 2 N–H and O–H groups in total. The van der Waals surface area contributed by atoms with Crippen LogP contribution in [0.5, 0.6) is 5.75 Å². The van der Waals surface area contributed by atoms with Crippen LogP contribution in [0.25, 0.3) is 0 Å². The number of hydrogen-bond donors (Lipinski definition) is 2. The van der Waals surface area contributed by atoms with E-state index in [1.54, 1.807) is 30.3 Å². The van der Waals surface area contributed by atoms with Crippen molar-refractivity contribution in [1.29, 1.82) is 0 Å². The lowest BCUT2D eigenvalue weighted by Crippen LogP contribution is -2.46. The van der Waals surface area contributed by atoms with E-state index in [2.05, 4.69) is 15.5 Å². The molecule has 196 valence electrons. The van der Waals surface area contributed by atoms with E-state index in [9.17, 15) is 18.0 Å². The summed E-state index contributed by atoms with van der Waals surface area (Å²) in [5, 5.41) is 6.34. The summed E-state index contributed by atoms with van der Waals surface area (Å²) in [7, 11) is 0. The lowest BCUT2D eigenvalue weighted by molar-refractivity contribution is -0.139. The van der Waals surface area contributed by atoms with Gasteiger partial charge in [0, 0.05) is 42.8 Å². The van der Waals surface area contributed by atoms with Crippen molar-refractivity contribution in [3.63, 3.8) is 0 Å². The Morgan fingerprint density at radius 3 is 2.41 bits per heavy atom. The number of halogens is 4. The highest BCUT2D eigenvalue weighted by atomic mass is 35.5. The van der Waals surface area contributed by atoms with E-state index in [0.29, 0.717) is 23.7 Å². The van der Waals surface area contributed by atoms with Crippen LogP contribution in [0.4, 0.5) is 23.7 Å². The van der Waals surface area contributed by atoms with Gasteiger partial charge in [0.25, 0.3) is 0 Å². The number of rotatable bonds is 8. The highest BCUT2D eigenvalue weighted by molar-refractivity contribution is 6.30. The van der Waals surface area contributed by atoms with E-state index in [1.165, 1.54) is 12.1 Å². The minimum absolute atomic E-state index is 0.0373. The number of ether oxygens (including phenoxy) is 1. The fourth-order valence-corrected chi connectivity index (χ4v) is 4.63. The molecule has 1 unspecified atom stereocenters. The van der Waals surface area contributed by atoms with E-state index in [-0.39, 0.29) is 17.8 Å². The molecule has 1 heterocycles. The van der Waals surface area contributed by atoms with Gasteiger partial charge in [-0.3, -0.25) is 0 Å². The minimum atomic E-state index is -4.49. The summed E-state index contributed by atoms with van der Waals surface area (Å²) in [6.07, 6.45) is -2.94. The minimum Gasteiger partial charge on any atom is -0.485 e. The molecule has 0 bridgehead atoms. The molecular weight excluding hydrogens is 503 g/mol. The first-order valence-electron chi connectivity index (χ1n) is 12.2. The van der Waals surface area contributed by atoms with Crippen molar-refractivity contribution in [3.8, 4) is 5.75 Å². The van der Waals surface area contributed by atoms with Crippen LogP contribution in [0.3, 0.4) is 0 Å². The second kappa shape index (κ2) is 12.3. The molecular formula is C28H29ClF3N3O2. The van der Waals surface area contributed by atoms with E-state index >= 15 is 0 Å². The van der Waals surface area contributed by atoms with Gasteiger partial charge in [-0.15, -0.1) is 0 Å². The Kier molecular flexibility index (Phi) is 8.95. The quantitative estimate of drug-likeness (QED) is 0.324. The van der Waals surface area contributed by atoms with Crippen LogP contribution in [0.1, 0.15) is 36.5 Å². The molecule has 0 radical (unpaired) electrons. The van der Waals surface area contributed by atoms with E-state index in [0.717, 1.165) is 37.6 Å². The number of amides is 2. The van der Waals surface area contributed by atoms with Gasteiger partial charge in [0.1, 0.15) is 11.9 Å². The number of carbonyl (C=O) groups is 1. The Morgan fingerprint density at radius 2 is 1.70 bits per heavy atom. The topological polar surface area (TPSA) is 53.6 Å². The monoisotopic (exact) mass is 531 g/mol. The van der Waals surface area contributed by atoms with Crippen LogP contribution in [0.2, 0.25) is 5.02 Å². The van der Waals surface area contributed by atoms with Crippen molar-refractivity contribution in [2.24, 2.45) is 0 Å². The number of likely N-dealkylation sites (tertiary alicyclic amines) is 1. The molecule has 0 aliphatic carbocycles. The lowest BCUT2D eigenvalue weighted by atomic mass is 10.0. The Balaban J connectivity index is 1.31. The summed E-state index contributed by atoms with van der Waals surface area (Å²) in [5.74, 6) is -0.169. The summed E-state index contributed by atoms with van der Waals surface area (Å²) in [5.41, 5.74) is 0.675. The molecule has 3 aromatic carbocycles. The summed E-state index contributed by atoms with van der Waals surface area (Å²) in [4.78, 5) is 14.6. The van der Waals surface area contributed by atoms with Gasteiger partial charge in [-0.25, -0.2) is 4.79 Å². The summed E-state index contributed by atoms with van der Waals surface area (Å²) in [6, 6.07) is 21.4. The lowest BCUT2D eigenvalue weighted by Gasteiger charge is -2.33. The third-order valence-corrected chi connectivity index (χ3v) is 6.58. The Bertz CT molecular complexity index is 1170. The highest BCUT2D eigenvalue weighted by Gasteiger charge is 2.35. The number of alkyl halides is 3. The molecule has 1 fully saturated rings. The number of urea groups is 1. The normalized spacial score (nSPS) is 15.7. The standard InChI is InChI=1S/C28H29ClF3N3O2/c29-21-9-6-10-23(19-21)34-27(36)33-22-13-16-35(17-14-22)18-15-25(20-7-2-1-3-8-20)37-26-12-5-4-11-24(26)28(30,31)32/h1-12,19,22,25H,13-18H2,(H2,33,34,36). The molecule has 0 spiro atoms. The second-order valence-corrected chi connectivity index (χ2v) is 9.46. The number of para-hydroxylation sites is 1. The molecule has 9 heteroatoms. The number of nitrogens with zero attached hydrogens (tertiary/aromatic N) is 1. The van der Waals surface area contributed by atoms with Gasteiger partial charge in [0.05, 0.1) is 5.56 Å². The molecule has 1 atom stereocenters. The van der Waals surface area contributed by atoms with Crippen LogP contribution < -0.4 is 15.4 Å². The number of benzene rings is 3. The van der Waals surface area contributed by atoms with Gasteiger partial charge >= 0.3 is 12.2 Å². The first kappa shape index (κ1) is 26.8. The number of carbonyl (C=O) groups excluding carboxylic acids is 1. The van der Waals surface area contributed by atoms with Crippen LogP contribution in [-0.4, -0.2) is 36.6 Å². The van der Waals surface area contributed by atoms with Crippen molar-refractivity contribution < 1.29 is 22.7 Å². The summed E-state index contributed by atoms with van der Waals surface area (Å²) in [6.45, 7) is 2.20. The Labute approximate surface area is 219 Å². The van der Waals surface area contributed by atoms with Crippen molar-refractivity contribution in [3.05, 3.63) is 95.0 Å². The van der Waals surface area contributed by atoms with Crippen LogP contribution in [-0.2, 0) is 6.18 Å². The molecule has 3 aromatic rings. The van der Waals surface area contributed by atoms with Crippen LogP contribution >= 0.6 is 11.6 Å². The molecule has 2 amide bonds. The summed E-state index contributed by atoms with van der Waals surface area (Å²) < 4.78 is 46.5. The predicted molar refractivity (Wildman–Crippen MR) is 139 cm³/mol. The van der Waals surface area contributed by atoms with Crippen molar-refractivity contribution in [2.45, 2.75) is 37.6 Å². The van der Waals surface area contributed by atoms with E-state index in [4.69, 9.17) is 16.3 Å². The van der Waals surface area contributed by atoms with Gasteiger partial charge in [0.15, 0.2) is 0 Å². The average Bonchev–Trinajstić information content (AvgIpc) is 2.87. The molecule has 0 saturated carbocycles. The average molecular weight is 532 g/mol. The maximum absolute atomic E-state index is 13.5. The van der Waals surface area contributed by atoms with E-state index in [1.807, 2.05) is 30.3 Å². The Hall–Kier alpha value is -3.23. The molecule has 1 aliphatic heterocycles. The first-order chi connectivity index (χ1) is 17.8. The zero-order chi connectivity index (χ0) is 26.3. The second-order valence-electron chi connectivity index (χ2n) is 9.02. The number of piperidine rings is 1. The predicted octanol–water partition coefficient (Wildman–Crippen LogP) is 7.16. The largest absolute Gasteiger partial charge is 0.485 e. The smallest absolute Gasteiger partial charge is 0.419 e.